The van der Waals surface area contributed by atoms with Crippen LogP contribution in [0.15, 0.2) is 0 Å². The third kappa shape index (κ3) is 95.6. The van der Waals surface area contributed by atoms with Crippen LogP contribution in [0.25, 0.3) is 0 Å². The van der Waals surface area contributed by atoms with Gasteiger partial charge in [0.1, 0.15) is 0 Å². The smallest absolute Gasteiger partial charge is 0 e. The van der Waals surface area contributed by atoms with Crippen molar-refractivity contribution in [1.82, 2.24) is 0 Å². The molecule has 0 aliphatic carbocycles. The molecule has 0 atom stereocenters. The Morgan fingerprint density at radius 1 is 1.12 bits per heavy atom. The zero-order valence-electron chi connectivity index (χ0n) is 3.23. The van der Waals surface area contributed by atoms with E-state index < -0.39 is 10.4 Å². The summed E-state index contributed by atoms with van der Waals surface area (Å²) >= 11 is 0. The molecular weight excluding hydrogens is 237 g/mol. The monoisotopic (exact) mass is 240 g/mol. The predicted octanol–water partition coefficient (Wildman–Crippen LogP) is -1.15. The molecule has 0 fully saturated rings. The fourth-order valence-electron chi connectivity index (χ4n) is 0. The Balaban J connectivity index is -0.0000000267. The molecule has 0 radical (unpaired) electrons. The van der Waals surface area contributed by atoms with E-state index in [2.05, 4.69) is 0 Å². The van der Waals surface area contributed by atoms with Crippen molar-refractivity contribution in [2.75, 3.05) is 0 Å². The molecular formula is H5CaClO4SZn. The first kappa shape index (κ1) is 22.5. The average molecular weight is 242 g/mol. The maximum Gasteiger partial charge on any atom is 0 e. The molecule has 0 aliphatic heterocycles. The molecule has 0 saturated heterocycles. The van der Waals surface area contributed by atoms with Crippen molar-refractivity contribution in [3.05, 3.63) is 0 Å². The summed E-state index contributed by atoms with van der Waals surface area (Å²) in [5, 5.41) is 0. The third-order valence-electron chi connectivity index (χ3n) is 0. The molecule has 8 heteroatoms. The summed E-state index contributed by atoms with van der Waals surface area (Å²) in [5.74, 6) is 0. The van der Waals surface area contributed by atoms with Gasteiger partial charge in [-0.05, 0) is 0 Å². The minimum Gasteiger partial charge on any atom is 0 e. The van der Waals surface area contributed by atoms with Crippen LogP contribution in [0, 0.1) is 0 Å². The first-order chi connectivity index (χ1) is 2.00. The quantitative estimate of drug-likeness (QED) is 0.415. The van der Waals surface area contributed by atoms with Crippen molar-refractivity contribution in [2.24, 2.45) is 0 Å². The van der Waals surface area contributed by atoms with Crippen LogP contribution in [0.4, 0.5) is 0 Å². The van der Waals surface area contributed by atoms with Gasteiger partial charge in [-0.25, -0.2) is 0 Å². The molecule has 0 aromatic heterocycles. The Labute approximate surface area is 96.2 Å². The van der Waals surface area contributed by atoms with Crippen LogP contribution >= 0.6 is 12.4 Å². The minimum atomic E-state index is -4.67. The number of rotatable bonds is 0. The van der Waals surface area contributed by atoms with Crippen molar-refractivity contribution in [3.8, 4) is 0 Å². The second kappa shape index (κ2) is 9.04. The van der Waals surface area contributed by atoms with Gasteiger partial charge in [-0.2, -0.15) is 8.42 Å². The van der Waals surface area contributed by atoms with E-state index in [1.165, 1.54) is 0 Å². The zero-order valence-corrected chi connectivity index (χ0v) is 7.83. The van der Waals surface area contributed by atoms with Gasteiger partial charge >= 0.3 is 48.1 Å². The number of halogens is 1. The topological polar surface area (TPSA) is 74.6 Å². The summed E-state index contributed by atoms with van der Waals surface area (Å²) in [5.41, 5.74) is 0. The van der Waals surface area contributed by atoms with Crippen LogP contribution in [0.5, 0.6) is 0 Å². The number of hydrogen-bond acceptors (Lipinski definition) is 2. The zero-order chi connectivity index (χ0) is 4.50. The van der Waals surface area contributed by atoms with Crippen molar-refractivity contribution in [1.29, 1.82) is 0 Å². The van der Waals surface area contributed by atoms with Crippen molar-refractivity contribution >= 4 is 60.5 Å². The van der Waals surface area contributed by atoms with E-state index in [4.69, 9.17) is 17.5 Å². The average Bonchev–Trinajstić information content (AvgIpc) is 0.722. The summed E-state index contributed by atoms with van der Waals surface area (Å²) < 4.78 is 31.6. The third-order valence-corrected chi connectivity index (χ3v) is 0. The summed E-state index contributed by atoms with van der Waals surface area (Å²) in [7, 11) is -4.67. The van der Waals surface area contributed by atoms with Crippen LogP contribution in [0.1, 0.15) is 0 Å². The van der Waals surface area contributed by atoms with E-state index in [0.29, 0.717) is 0 Å². The van der Waals surface area contributed by atoms with E-state index in [1.54, 1.807) is 0 Å². The molecule has 0 amide bonds. The van der Waals surface area contributed by atoms with Gasteiger partial charge in [-0.3, -0.25) is 9.11 Å². The van der Waals surface area contributed by atoms with Gasteiger partial charge in [-0.1, -0.05) is 0 Å². The molecule has 0 bridgehead atoms. The van der Waals surface area contributed by atoms with Crippen molar-refractivity contribution < 1.29 is 37.0 Å². The molecule has 46 valence electrons. The molecule has 0 spiro atoms. The van der Waals surface area contributed by atoms with Gasteiger partial charge in [0.2, 0.25) is 0 Å². The van der Waals surface area contributed by atoms with Gasteiger partial charge in [-0.15, -0.1) is 12.4 Å². The van der Waals surface area contributed by atoms with Gasteiger partial charge in [0, 0.05) is 19.5 Å². The largest absolute Gasteiger partial charge is 0 e. The molecule has 0 heterocycles. The van der Waals surface area contributed by atoms with Crippen molar-refractivity contribution in [2.45, 2.75) is 0 Å². The molecule has 0 aromatic rings. The summed E-state index contributed by atoms with van der Waals surface area (Å²) in [6.45, 7) is 0. The maximum atomic E-state index is 8.74. The molecule has 8 heavy (non-hydrogen) atoms. The molecule has 0 aliphatic rings. The van der Waals surface area contributed by atoms with Gasteiger partial charge in [0.25, 0.3) is 0 Å². The van der Waals surface area contributed by atoms with E-state index >= 15 is 0 Å². The molecule has 0 unspecified atom stereocenters. The van der Waals surface area contributed by atoms with Crippen LogP contribution in [-0.2, 0) is 29.9 Å². The second-order valence-corrected chi connectivity index (χ2v) is 1.34. The standard InChI is InChI=1S/Ca.ClH.H2O4S.Zn.2H/c;;1-5(2,3)4;;;/h;1H;(H2,1,2,3,4);;;. The normalized spacial score (nSPS) is 7.25. The summed E-state index contributed by atoms with van der Waals surface area (Å²) in [4.78, 5) is 0. The van der Waals surface area contributed by atoms with Crippen LogP contribution in [0.2, 0.25) is 0 Å². The summed E-state index contributed by atoms with van der Waals surface area (Å²) in [6.07, 6.45) is 0. The predicted molar refractivity (Wildman–Crippen MR) is 30.0 cm³/mol. The second-order valence-electron chi connectivity index (χ2n) is 0.448. The Morgan fingerprint density at radius 2 is 1.12 bits per heavy atom. The molecule has 0 aromatic carbocycles. The number of hydrogen-bond donors (Lipinski definition) is 2. The molecule has 0 saturated carbocycles. The Morgan fingerprint density at radius 3 is 1.12 bits per heavy atom. The first-order valence-electron chi connectivity index (χ1n) is 0.698. The Kier molecular flexibility index (Phi) is 25.4. The van der Waals surface area contributed by atoms with Crippen molar-refractivity contribution in [3.63, 3.8) is 0 Å². The van der Waals surface area contributed by atoms with Gasteiger partial charge < -0.3 is 0 Å². The minimum absolute atomic E-state index is 0. The van der Waals surface area contributed by atoms with E-state index in [0.717, 1.165) is 0 Å². The molecule has 0 rings (SSSR count). The van der Waals surface area contributed by atoms with Crippen LogP contribution in [-0.4, -0.2) is 55.3 Å². The van der Waals surface area contributed by atoms with E-state index in [1.807, 2.05) is 0 Å². The van der Waals surface area contributed by atoms with Crippen LogP contribution in [0.3, 0.4) is 0 Å². The van der Waals surface area contributed by atoms with Crippen LogP contribution < -0.4 is 0 Å². The SMILES string of the molecule is Cl.O=S(=O)(O)O.[CaH2].[Zn]. The van der Waals surface area contributed by atoms with E-state index in [9.17, 15) is 0 Å². The first-order valence-corrected chi connectivity index (χ1v) is 2.10. The Hall–Kier alpha value is 2.04. The molecule has 2 N–H and O–H groups in total. The maximum absolute atomic E-state index is 8.74. The fraction of sp³-hybridized carbons (Fsp3) is 0. The van der Waals surface area contributed by atoms with Gasteiger partial charge in [0.05, 0.1) is 0 Å². The van der Waals surface area contributed by atoms with Gasteiger partial charge in [0.15, 0.2) is 0 Å². The fourth-order valence-corrected chi connectivity index (χ4v) is 0. The van der Waals surface area contributed by atoms with E-state index in [-0.39, 0.29) is 69.6 Å². The summed E-state index contributed by atoms with van der Waals surface area (Å²) in [6, 6.07) is 0. The molecule has 4 nitrogen and oxygen atoms in total. The Bertz CT molecular complexity index is 99.2.